The van der Waals surface area contributed by atoms with E-state index in [1.54, 1.807) is 0 Å². The third-order valence-corrected chi connectivity index (χ3v) is 2.89. The van der Waals surface area contributed by atoms with E-state index in [0.717, 1.165) is 20.0 Å². The van der Waals surface area contributed by atoms with E-state index >= 15 is 0 Å². The van der Waals surface area contributed by atoms with Crippen molar-refractivity contribution >= 4 is 0 Å². The van der Waals surface area contributed by atoms with E-state index in [1.807, 2.05) is 0 Å². The second kappa shape index (κ2) is 4.94. The molecule has 0 atom stereocenters. The van der Waals surface area contributed by atoms with Crippen LogP contribution in [0.25, 0.3) is 0 Å². The van der Waals surface area contributed by atoms with Crippen LogP contribution in [0.1, 0.15) is 25.7 Å². The van der Waals surface area contributed by atoms with Gasteiger partial charge in [0.05, 0.1) is 13.4 Å². The zero-order valence-corrected chi connectivity index (χ0v) is 8.37. The fourth-order valence-electron chi connectivity index (χ4n) is 2.14. The van der Waals surface area contributed by atoms with Gasteiger partial charge in [-0.1, -0.05) is 6.42 Å². The Morgan fingerprint density at radius 3 is 2.31 bits per heavy atom. The fraction of sp³-hybridized carbons (Fsp3) is 1.00. The first-order valence-corrected chi connectivity index (χ1v) is 5.47. The summed E-state index contributed by atoms with van der Waals surface area (Å²) in [5, 5.41) is 0. The average Bonchev–Trinajstić information content (AvgIpc) is 2.21. The second-order valence-corrected chi connectivity index (χ2v) is 4.11. The van der Waals surface area contributed by atoms with Gasteiger partial charge in [-0.2, -0.15) is 0 Å². The van der Waals surface area contributed by atoms with Crippen molar-refractivity contribution in [3.63, 3.8) is 0 Å². The van der Waals surface area contributed by atoms with Crippen LogP contribution in [0.5, 0.6) is 0 Å². The second-order valence-electron chi connectivity index (χ2n) is 4.11. The van der Waals surface area contributed by atoms with Crippen LogP contribution in [0, 0.1) is 0 Å². The molecule has 13 heavy (non-hydrogen) atoms. The highest BCUT2D eigenvalue weighted by Gasteiger charge is 2.15. The summed E-state index contributed by atoms with van der Waals surface area (Å²) < 4.78 is 5.42. The maximum absolute atomic E-state index is 5.42. The maximum Gasteiger partial charge on any atom is 0.1000 e. The molecular weight excluding hydrogens is 164 g/mol. The highest BCUT2D eigenvalue weighted by Crippen LogP contribution is 2.10. The highest BCUT2D eigenvalue weighted by atomic mass is 16.5. The Hall–Kier alpha value is -0.120. The molecule has 2 aliphatic heterocycles. The Kier molecular flexibility index (Phi) is 3.58. The zero-order valence-electron chi connectivity index (χ0n) is 8.37. The minimum absolute atomic E-state index is 0.844. The predicted octanol–water partition coefficient (Wildman–Crippen LogP) is 1.11. The Morgan fingerprint density at radius 1 is 0.846 bits per heavy atom. The van der Waals surface area contributed by atoms with Crippen molar-refractivity contribution in [1.82, 2.24) is 9.80 Å². The number of rotatable bonds is 2. The summed E-state index contributed by atoms with van der Waals surface area (Å²) in [5.74, 6) is 0. The first kappa shape index (κ1) is 9.44. The van der Waals surface area contributed by atoms with Crippen LogP contribution in [0.15, 0.2) is 0 Å². The first-order valence-electron chi connectivity index (χ1n) is 5.47. The van der Waals surface area contributed by atoms with E-state index in [-0.39, 0.29) is 0 Å². The van der Waals surface area contributed by atoms with Gasteiger partial charge in [0.25, 0.3) is 0 Å². The summed E-state index contributed by atoms with van der Waals surface area (Å²) >= 11 is 0. The fourth-order valence-corrected chi connectivity index (χ4v) is 2.14. The molecule has 0 amide bonds. The van der Waals surface area contributed by atoms with Crippen LogP contribution < -0.4 is 0 Å². The van der Waals surface area contributed by atoms with Crippen molar-refractivity contribution in [1.29, 1.82) is 0 Å². The molecule has 2 aliphatic rings. The standard InChI is InChI=1S/C10H20N2O/c1-2-5-11(6-3-1)9-12-7-4-8-13-10-12/h1-10H2. The minimum atomic E-state index is 0.844. The number of hydrogen-bond acceptors (Lipinski definition) is 3. The van der Waals surface area contributed by atoms with Gasteiger partial charge in [-0.25, -0.2) is 0 Å². The molecular formula is C10H20N2O. The van der Waals surface area contributed by atoms with Crippen LogP contribution in [0.3, 0.4) is 0 Å². The largest absolute Gasteiger partial charge is 0.366 e. The number of likely N-dealkylation sites (tertiary alicyclic amines) is 1. The molecule has 0 spiro atoms. The number of hydrogen-bond donors (Lipinski definition) is 0. The van der Waals surface area contributed by atoms with Gasteiger partial charge in [-0.3, -0.25) is 9.80 Å². The van der Waals surface area contributed by atoms with Gasteiger partial charge in [0.2, 0.25) is 0 Å². The number of ether oxygens (including phenoxy) is 1. The summed E-state index contributed by atoms with van der Waals surface area (Å²) in [6, 6.07) is 0. The average molecular weight is 184 g/mol. The molecule has 2 saturated heterocycles. The molecule has 0 aliphatic carbocycles. The Morgan fingerprint density at radius 2 is 1.62 bits per heavy atom. The smallest absolute Gasteiger partial charge is 0.1000 e. The normalized spacial score (nSPS) is 27.7. The van der Waals surface area contributed by atoms with Gasteiger partial charge in [0.1, 0.15) is 0 Å². The molecule has 0 radical (unpaired) electrons. The molecule has 3 nitrogen and oxygen atoms in total. The summed E-state index contributed by atoms with van der Waals surface area (Å²) in [6.45, 7) is 6.72. The van der Waals surface area contributed by atoms with Crippen molar-refractivity contribution in [2.45, 2.75) is 25.7 Å². The zero-order chi connectivity index (χ0) is 8.93. The lowest BCUT2D eigenvalue weighted by atomic mass is 10.1. The molecule has 3 heteroatoms. The molecule has 0 N–H and O–H groups in total. The van der Waals surface area contributed by atoms with Gasteiger partial charge < -0.3 is 4.74 Å². The Bertz CT molecular complexity index is 124. The van der Waals surface area contributed by atoms with Gasteiger partial charge in [-0.15, -0.1) is 0 Å². The quantitative estimate of drug-likeness (QED) is 0.639. The number of piperidine rings is 1. The highest BCUT2D eigenvalue weighted by molar-refractivity contribution is 4.65. The molecule has 0 aromatic rings. The monoisotopic (exact) mass is 184 g/mol. The first-order chi connectivity index (χ1) is 6.45. The van der Waals surface area contributed by atoms with Crippen molar-refractivity contribution < 1.29 is 4.74 Å². The van der Waals surface area contributed by atoms with E-state index in [1.165, 1.54) is 45.3 Å². The third kappa shape index (κ3) is 2.93. The van der Waals surface area contributed by atoms with Crippen LogP contribution >= 0.6 is 0 Å². The van der Waals surface area contributed by atoms with Gasteiger partial charge in [0.15, 0.2) is 0 Å². The molecule has 0 aromatic heterocycles. The lowest BCUT2D eigenvalue weighted by Crippen LogP contribution is -2.44. The SMILES string of the molecule is C1CCN(CN2CCCOC2)CC1. The van der Waals surface area contributed by atoms with Gasteiger partial charge >= 0.3 is 0 Å². The number of nitrogens with zero attached hydrogens (tertiary/aromatic N) is 2. The van der Waals surface area contributed by atoms with Crippen molar-refractivity contribution in [2.24, 2.45) is 0 Å². The molecule has 0 aromatic carbocycles. The summed E-state index contributed by atoms with van der Waals surface area (Å²) in [5.41, 5.74) is 0. The molecule has 2 fully saturated rings. The molecule has 0 unspecified atom stereocenters. The van der Waals surface area contributed by atoms with Crippen LogP contribution in [0.2, 0.25) is 0 Å². The van der Waals surface area contributed by atoms with Gasteiger partial charge in [0, 0.05) is 13.2 Å². The lowest BCUT2D eigenvalue weighted by Gasteiger charge is -2.34. The van der Waals surface area contributed by atoms with E-state index in [9.17, 15) is 0 Å². The molecule has 0 saturated carbocycles. The third-order valence-electron chi connectivity index (χ3n) is 2.89. The van der Waals surface area contributed by atoms with Crippen LogP contribution in [-0.4, -0.2) is 49.4 Å². The summed E-state index contributed by atoms with van der Waals surface area (Å²) in [6.07, 6.45) is 5.39. The van der Waals surface area contributed by atoms with Crippen molar-refractivity contribution in [3.8, 4) is 0 Å². The lowest BCUT2D eigenvalue weighted by molar-refractivity contribution is -0.0416. The Labute approximate surface area is 80.6 Å². The molecule has 2 heterocycles. The van der Waals surface area contributed by atoms with Gasteiger partial charge in [-0.05, 0) is 32.4 Å². The van der Waals surface area contributed by atoms with E-state index in [2.05, 4.69) is 9.80 Å². The summed E-state index contributed by atoms with van der Waals surface area (Å²) in [7, 11) is 0. The summed E-state index contributed by atoms with van der Waals surface area (Å²) in [4.78, 5) is 4.97. The molecule has 0 bridgehead atoms. The van der Waals surface area contributed by atoms with Crippen LogP contribution in [0.4, 0.5) is 0 Å². The molecule has 76 valence electrons. The minimum Gasteiger partial charge on any atom is -0.366 e. The van der Waals surface area contributed by atoms with Crippen LogP contribution in [-0.2, 0) is 4.74 Å². The van der Waals surface area contributed by atoms with Crippen molar-refractivity contribution in [2.75, 3.05) is 39.6 Å². The van der Waals surface area contributed by atoms with Crippen molar-refractivity contribution in [3.05, 3.63) is 0 Å². The Balaban J connectivity index is 1.69. The maximum atomic E-state index is 5.42. The van der Waals surface area contributed by atoms with E-state index in [0.29, 0.717) is 0 Å². The predicted molar refractivity (Wildman–Crippen MR) is 52.4 cm³/mol. The van der Waals surface area contributed by atoms with E-state index in [4.69, 9.17) is 4.74 Å². The molecule has 2 rings (SSSR count). The topological polar surface area (TPSA) is 15.7 Å². The van der Waals surface area contributed by atoms with E-state index < -0.39 is 0 Å².